The molecule has 1 aliphatic heterocycles. The van der Waals surface area contributed by atoms with Crippen molar-refractivity contribution in [3.8, 4) is 50.3 Å². The molecule has 0 spiro atoms. The Bertz CT molecular complexity index is 3550. The molecule has 13 rings (SSSR count). The summed E-state index contributed by atoms with van der Waals surface area (Å²) < 4.78 is 2.46. The molecule has 0 fully saturated rings. The highest BCUT2D eigenvalue weighted by Crippen LogP contribution is 2.52. The van der Waals surface area contributed by atoms with Gasteiger partial charge in [-0.05, 0) is 105 Å². The van der Waals surface area contributed by atoms with E-state index in [4.69, 9.17) is 9.97 Å². The molecule has 280 valence electrons. The van der Waals surface area contributed by atoms with E-state index < -0.39 is 0 Å². The van der Waals surface area contributed by atoms with Gasteiger partial charge in [0.25, 0.3) is 0 Å². The fraction of sp³-hybridized carbons (Fsp3) is 0.0357. The monoisotopic (exact) mass is 781 g/mol. The zero-order chi connectivity index (χ0) is 39.3. The number of rotatable bonds is 4. The highest BCUT2D eigenvalue weighted by atomic mass is 32.2. The fourth-order valence-corrected chi connectivity index (χ4v) is 11.2. The Morgan fingerprint density at radius 2 is 1.17 bits per heavy atom. The predicted molar refractivity (Wildman–Crippen MR) is 249 cm³/mol. The van der Waals surface area contributed by atoms with Crippen molar-refractivity contribution in [1.82, 2.24) is 14.5 Å². The minimum absolute atomic E-state index is 0.0344. The molecule has 0 bridgehead atoms. The third-order valence-electron chi connectivity index (χ3n) is 12.7. The zero-order valence-corrected chi connectivity index (χ0v) is 33.3. The van der Waals surface area contributed by atoms with Crippen molar-refractivity contribution in [3.05, 3.63) is 211 Å². The Balaban J connectivity index is 0.977. The number of nitrogens with zero attached hydrogens (tertiary/aromatic N) is 3. The number of fused-ring (bicyclic) bond motifs is 10. The summed E-state index contributed by atoms with van der Waals surface area (Å²) in [6, 6.07) is 70.9. The second-order valence-corrected chi connectivity index (χ2v) is 17.1. The van der Waals surface area contributed by atoms with E-state index >= 15 is 0 Å². The van der Waals surface area contributed by atoms with Gasteiger partial charge in [0.2, 0.25) is 0 Å². The largest absolute Gasteiger partial charge is 0.309 e. The molecule has 2 aromatic heterocycles. The molecule has 0 unspecified atom stereocenters. The molecule has 1 aliphatic carbocycles. The van der Waals surface area contributed by atoms with Gasteiger partial charge in [0, 0.05) is 48.5 Å². The molecule has 0 saturated heterocycles. The maximum absolute atomic E-state index is 5.35. The Labute approximate surface area is 351 Å². The number of hydrogen-bond acceptors (Lipinski definition) is 3. The molecule has 11 aromatic rings. The van der Waals surface area contributed by atoms with E-state index in [0.717, 1.165) is 34.4 Å². The van der Waals surface area contributed by atoms with Gasteiger partial charge in [-0.2, -0.15) is 0 Å². The third kappa shape index (κ3) is 5.04. The number of benzene rings is 9. The zero-order valence-electron chi connectivity index (χ0n) is 32.5. The lowest BCUT2D eigenvalue weighted by atomic mass is 9.77. The number of hydrogen-bond donors (Lipinski definition) is 0. The Morgan fingerprint density at radius 3 is 2.07 bits per heavy atom. The van der Waals surface area contributed by atoms with E-state index in [9.17, 15) is 0 Å². The molecule has 2 aliphatic rings. The summed E-state index contributed by atoms with van der Waals surface area (Å²) in [5.41, 5.74) is 16.9. The molecule has 0 radical (unpaired) electrons. The molecule has 3 heterocycles. The minimum Gasteiger partial charge on any atom is -0.309 e. The first-order chi connectivity index (χ1) is 29.7. The van der Waals surface area contributed by atoms with Crippen LogP contribution >= 0.6 is 11.8 Å². The first-order valence-corrected chi connectivity index (χ1v) is 21.5. The topological polar surface area (TPSA) is 30.7 Å². The molecule has 1 atom stereocenters. The SMILES string of the molecule is c1ccc(-c2nc([C@H]3Cc4ccc(-c5ccc6c(c5)c5c7cccc8c7c(cc5n6-c5ccccc5)Sc5ccccc5-8)cc4-c4ccccc43)nc3ccccc23)cc1. The van der Waals surface area contributed by atoms with Gasteiger partial charge < -0.3 is 4.57 Å². The highest BCUT2D eigenvalue weighted by molar-refractivity contribution is 7.99. The van der Waals surface area contributed by atoms with Crippen molar-refractivity contribution in [2.75, 3.05) is 0 Å². The van der Waals surface area contributed by atoms with Crippen molar-refractivity contribution < 1.29 is 0 Å². The summed E-state index contributed by atoms with van der Waals surface area (Å²) in [7, 11) is 0. The molecule has 0 saturated carbocycles. The Morgan fingerprint density at radius 1 is 0.450 bits per heavy atom. The Hall–Kier alpha value is -7.27. The van der Waals surface area contributed by atoms with E-state index in [2.05, 4.69) is 199 Å². The molecule has 60 heavy (non-hydrogen) atoms. The van der Waals surface area contributed by atoms with E-state index in [1.54, 1.807) is 0 Å². The molecule has 0 N–H and O–H groups in total. The van der Waals surface area contributed by atoms with Crippen LogP contribution in [0, 0.1) is 0 Å². The van der Waals surface area contributed by atoms with Gasteiger partial charge in [-0.25, -0.2) is 9.97 Å². The summed E-state index contributed by atoms with van der Waals surface area (Å²) in [6.45, 7) is 0. The summed E-state index contributed by atoms with van der Waals surface area (Å²) in [5, 5.41) is 6.28. The smallest absolute Gasteiger partial charge is 0.137 e. The normalized spacial score (nSPS) is 14.0. The molecule has 4 heteroatoms. The lowest BCUT2D eigenvalue weighted by molar-refractivity contribution is 0.736. The van der Waals surface area contributed by atoms with Crippen LogP contribution in [0.3, 0.4) is 0 Å². The van der Waals surface area contributed by atoms with Gasteiger partial charge in [0.1, 0.15) is 5.82 Å². The summed E-state index contributed by atoms with van der Waals surface area (Å²) in [6.07, 6.45) is 0.834. The molecule has 0 amide bonds. The molecular formula is C56H35N3S. The van der Waals surface area contributed by atoms with Crippen LogP contribution in [0.15, 0.2) is 204 Å². The predicted octanol–water partition coefficient (Wildman–Crippen LogP) is 14.7. The molecule has 3 nitrogen and oxygen atoms in total. The first-order valence-electron chi connectivity index (χ1n) is 20.7. The second kappa shape index (κ2) is 13.1. The van der Waals surface area contributed by atoms with Gasteiger partial charge in [0.05, 0.1) is 22.2 Å². The van der Waals surface area contributed by atoms with E-state index in [0.29, 0.717) is 0 Å². The second-order valence-electron chi connectivity index (χ2n) is 16.0. The van der Waals surface area contributed by atoms with Gasteiger partial charge in [-0.3, -0.25) is 0 Å². The third-order valence-corrected chi connectivity index (χ3v) is 13.9. The maximum atomic E-state index is 5.35. The van der Waals surface area contributed by atoms with Gasteiger partial charge in [0.15, 0.2) is 0 Å². The molecular weight excluding hydrogens is 747 g/mol. The van der Waals surface area contributed by atoms with Crippen LogP contribution in [0.1, 0.15) is 22.9 Å². The maximum Gasteiger partial charge on any atom is 0.137 e. The van der Waals surface area contributed by atoms with Gasteiger partial charge in [-0.15, -0.1) is 0 Å². The van der Waals surface area contributed by atoms with Crippen LogP contribution < -0.4 is 0 Å². The van der Waals surface area contributed by atoms with Gasteiger partial charge in [-0.1, -0.05) is 157 Å². The van der Waals surface area contributed by atoms with Crippen molar-refractivity contribution in [2.45, 2.75) is 22.1 Å². The van der Waals surface area contributed by atoms with E-state index in [1.165, 1.54) is 92.6 Å². The average molecular weight is 782 g/mol. The van der Waals surface area contributed by atoms with E-state index in [-0.39, 0.29) is 5.92 Å². The molecule has 9 aromatic carbocycles. The van der Waals surface area contributed by atoms with Crippen LogP contribution in [0.25, 0.3) is 93.8 Å². The summed E-state index contributed by atoms with van der Waals surface area (Å²) >= 11 is 1.89. The minimum atomic E-state index is 0.0344. The van der Waals surface area contributed by atoms with Crippen LogP contribution in [0.5, 0.6) is 0 Å². The lowest BCUT2D eigenvalue weighted by Gasteiger charge is -2.28. The number of para-hydroxylation sites is 2. The number of aromatic nitrogens is 3. The van der Waals surface area contributed by atoms with Crippen molar-refractivity contribution in [3.63, 3.8) is 0 Å². The average Bonchev–Trinajstić information content (AvgIpc) is 3.65. The van der Waals surface area contributed by atoms with Crippen LogP contribution in [0.2, 0.25) is 0 Å². The lowest BCUT2D eigenvalue weighted by Crippen LogP contribution is -2.16. The van der Waals surface area contributed by atoms with Crippen LogP contribution in [-0.4, -0.2) is 14.5 Å². The highest BCUT2D eigenvalue weighted by Gasteiger charge is 2.30. The first kappa shape index (κ1) is 33.7. The van der Waals surface area contributed by atoms with Gasteiger partial charge >= 0.3 is 0 Å². The summed E-state index contributed by atoms with van der Waals surface area (Å²) in [4.78, 5) is 13.2. The van der Waals surface area contributed by atoms with Crippen LogP contribution in [0.4, 0.5) is 0 Å². The quantitative estimate of drug-likeness (QED) is 0.178. The van der Waals surface area contributed by atoms with E-state index in [1.807, 2.05) is 11.8 Å². The van der Waals surface area contributed by atoms with Crippen molar-refractivity contribution in [1.29, 1.82) is 0 Å². The standard InChI is InChI=1S/C56H35N3S/c1-3-14-34(15-4-1)55-43-21-9-11-24-48(43)57-56(58-55)46-32-37-27-26-35(30-45(37)39-18-7-8-19-40(39)46)36-28-29-49-47(31-36)53-44-23-13-22-42-41-20-10-12-25-51(41)60-52(54(42)44)33-50(53)59(49)38-16-5-2-6-17-38/h1-31,33,46H,32H2/t46-/m0/s1. The fourth-order valence-electron chi connectivity index (χ4n) is 10.0. The van der Waals surface area contributed by atoms with Crippen LogP contribution in [-0.2, 0) is 6.42 Å². The van der Waals surface area contributed by atoms with Crippen molar-refractivity contribution >= 4 is 55.2 Å². The Kier molecular flexibility index (Phi) is 7.36. The van der Waals surface area contributed by atoms with Crippen molar-refractivity contribution in [2.24, 2.45) is 0 Å². The summed E-state index contributed by atoms with van der Waals surface area (Å²) in [5.74, 6) is 0.905.